The summed E-state index contributed by atoms with van der Waals surface area (Å²) in [5.41, 5.74) is 5.29. The molecule has 0 spiro atoms. The van der Waals surface area contributed by atoms with Gasteiger partial charge in [-0.15, -0.1) is 0 Å². The lowest BCUT2D eigenvalue weighted by Crippen LogP contribution is -2.29. The summed E-state index contributed by atoms with van der Waals surface area (Å²) in [7, 11) is 0. The molecule has 0 aliphatic rings. The molecule has 1 rings (SSSR count). The van der Waals surface area contributed by atoms with E-state index < -0.39 is 0 Å². The van der Waals surface area contributed by atoms with Crippen LogP contribution in [0.1, 0.15) is 55.0 Å². The molecule has 0 aromatic heterocycles. The van der Waals surface area contributed by atoms with Crippen LogP contribution in [0.5, 0.6) is 0 Å². The summed E-state index contributed by atoms with van der Waals surface area (Å²) >= 11 is 0. The van der Waals surface area contributed by atoms with Gasteiger partial charge in [-0.25, -0.2) is 0 Å². The van der Waals surface area contributed by atoms with E-state index in [1.165, 1.54) is 22.3 Å². The highest BCUT2D eigenvalue weighted by atomic mass is 16.1. The van der Waals surface area contributed by atoms with Gasteiger partial charge in [-0.05, 0) is 50.8 Å². The predicted molar refractivity (Wildman–Crippen MR) is 85.0 cm³/mol. The topological polar surface area (TPSA) is 41.1 Å². The van der Waals surface area contributed by atoms with Crippen molar-refractivity contribution >= 4 is 5.91 Å². The normalized spacial score (nSPS) is 12.2. The van der Waals surface area contributed by atoms with Gasteiger partial charge >= 0.3 is 0 Å². The lowest BCUT2D eigenvalue weighted by atomic mass is 9.95. The van der Waals surface area contributed by atoms with E-state index in [0.717, 1.165) is 13.0 Å². The molecular weight excluding hydrogens is 248 g/mol. The lowest BCUT2D eigenvalue weighted by Gasteiger charge is -2.19. The maximum Gasteiger partial charge on any atom is 0.221 e. The molecular formula is C17H28N2O. The van der Waals surface area contributed by atoms with Crippen LogP contribution in [-0.4, -0.2) is 19.0 Å². The Morgan fingerprint density at radius 2 is 1.75 bits per heavy atom. The minimum Gasteiger partial charge on any atom is -0.356 e. The minimum atomic E-state index is 0.129. The first-order valence-electron chi connectivity index (χ1n) is 7.53. The molecule has 3 nitrogen and oxygen atoms in total. The Morgan fingerprint density at radius 3 is 2.30 bits per heavy atom. The number of carbonyl (C=O) groups is 1. The second-order valence-corrected chi connectivity index (χ2v) is 5.59. The molecule has 1 amide bonds. The zero-order chi connectivity index (χ0) is 15.1. The summed E-state index contributed by atoms with van der Waals surface area (Å²) in [6.07, 6.45) is 1.52. The number of nitrogens with one attached hydrogen (secondary N) is 2. The van der Waals surface area contributed by atoms with Crippen LogP contribution in [-0.2, 0) is 4.79 Å². The third-order valence-electron chi connectivity index (χ3n) is 3.55. The number of hydrogen-bond donors (Lipinski definition) is 2. The fourth-order valence-corrected chi connectivity index (χ4v) is 2.73. The number of aryl methyl sites for hydroxylation is 3. The number of benzene rings is 1. The first-order chi connectivity index (χ1) is 9.45. The predicted octanol–water partition coefficient (Wildman–Crippen LogP) is 3.18. The third kappa shape index (κ3) is 4.97. The summed E-state index contributed by atoms with van der Waals surface area (Å²) in [6.45, 7) is 12.1. The van der Waals surface area contributed by atoms with Crippen molar-refractivity contribution in [3.05, 3.63) is 34.4 Å². The summed E-state index contributed by atoms with van der Waals surface area (Å²) in [4.78, 5) is 11.5. The molecule has 0 aliphatic heterocycles. The zero-order valence-electron chi connectivity index (χ0n) is 13.5. The Labute approximate surface area is 123 Å². The monoisotopic (exact) mass is 276 g/mol. The number of amides is 1. The van der Waals surface area contributed by atoms with Gasteiger partial charge in [-0.2, -0.15) is 0 Å². The highest BCUT2D eigenvalue weighted by Gasteiger charge is 2.11. The molecule has 0 bridgehead atoms. The Kier molecular flexibility index (Phi) is 6.73. The van der Waals surface area contributed by atoms with Crippen LogP contribution in [0.25, 0.3) is 0 Å². The van der Waals surface area contributed by atoms with Gasteiger partial charge in [0, 0.05) is 25.6 Å². The smallest absolute Gasteiger partial charge is 0.221 e. The summed E-state index contributed by atoms with van der Waals surface area (Å²) in [5.74, 6) is 0.129. The molecule has 0 saturated heterocycles. The van der Waals surface area contributed by atoms with Gasteiger partial charge < -0.3 is 10.6 Å². The molecule has 1 aromatic rings. The van der Waals surface area contributed by atoms with Crippen LogP contribution in [0, 0.1) is 20.8 Å². The van der Waals surface area contributed by atoms with Crippen LogP contribution in [0.4, 0.5) is 0 Å². The van der Waals surface area contributed by atoms with Crippen molar-refractivity contribution in [2.24, 2.45) is 0 Å². The first kappa shape index (κ1) is 16.7. The molecule has 2 N–H and O–H groups in total. The lowest BCUT2D eigenvalue weighted by molar-refractivity contribution is -0.121. The van der Waals surface area contributed by atoms with Crippen molar-refractivity contribution in [2.45, 2.75) is 53.5 Å². The molecule has 1 atom stereocenters. The quantitative estimate of drug-likeness (QED) is 0.803. The van der Waals surface area contributed by atoms with Crippen molar-refractivity contribution in [3.8, 4) is 0 Å². The van der Waals surface area contributed by atoms with Crippen LogP contribution >= 0.6 is 0 Å². The first-order valence-corrected chi connectivity index (χ1v) is 7.53. The zero-order valence-corrected chi connectivity index (χ0v) is 13.5. The molecule has 1 unspecified atom stereocenters. The van der Waals surface area contributed by atoms with Crippen molar-refractivity contribution in [1.29, 1.82) is 0 Å². The van der Waals surface area contributed by atoms with Crippen molar-refractivity contribution in [1.82, 2.24) is 10.6 Å². The number of carbonyl (C=O) groups excluding carboxylic acids is 1. The van der Waals surface area contributed by atoms with Crippen molar-refractivity contribution in [3.63, 3.8) is 0 Å². The average Bonchev–Trinajstić information content (AvgIpc) is 2.35. The fourth-order valence-electron chi connectivity index (χ4n) is 2.73. The summed E-state index contributed by atoms with van der Waals surface area (Å²) in [5, 5.41) is 6.34. The van der Waals surface area contributed by atoms with Gasteiger partial charge in [0.1, 0.15) is 0 Å². The van der Waals surface area contributed by atoms with Crippen molar-refractivity contribution in [2.75, 3.05) is 13.1 Å². The third-order valence-corrected chi connectivity index (χ3v) is 3.55. The van der Waals surface area contributed by atoms with Gasteiger partial charge in [0.2, 0.25) is 5.91 Å². The average molecular weight is 276 g/mol. The van der Waals surface area contributed by atoms with E-state index in [2.05, 4.69) is 57.4 Å². The molecule has 0 fully saturated rings. The van der Waals surface area contributed by atoms with Gasteiger partial charge in [0.25, 0.3) is 0 Å². The summed E-state index contributed by atoms with van der Waals surface area (Å²) in [6, 6.07) is 4.71. The Bertz CT molecular complexity index is 431. The van der Waals surface area contributed by atoms with Crippen LogP contribution in [0.15, 0.2) is 12.1 Å². The molecule has 0 saturated carbocycles. The Hall–Kier alpha value is -1.35. The highest BCUT2D eigenvalue weighted by molar-refractivity contribution is 5.76. The van der Waals surface area contributed by atoms with Crippen LogP contribution < -0.4 is 10.6 Å². The molecule has 3 heteroatoms. The van der Waals surface area contributed by atoms with Gasteiger partial charge in [-0.3, -0.25) is 4.79 Å². The standard InChI is InChI=1S/C17H28N2O/c1-6-8-19-16(20)7-9-18-15(5)17-13(3)10-12(2)11-14(17)4/h10-11,15,18H,6-9H2,1-5H3,(H,19,20). The van der Waals surface area contributed by atoms with E-state index in [-0.39, 0.29) is 11.9 Å². The molecule has 112 valence electrons. The van der Waals surface area contributed by atoms with E-state index in [4.69, 9.17) is 0 Å². The molecule has 1 aromatic carbocycles. The van der Waals surface area contributed by atoms with E-state index in [1.54, 1.807) is 0 Å². The summed E-state index contributed by atoms with van der Waals surface area (Å²) < 4.78 is 0. The van der Waals surface area contributed by atoms with E-state index in [1.807, 2.05) is 0 Å². The SMILES string of the molecule is CCCNC(=O)CCNC(C)c1c(C)cc(C)cc1C. The molecule has 20 heavy (non-hydrogen) atoms. The fraction of sp³-hybridized carbons (Fsp3) is 0.588. The number of rotatable bonds is 7. The van der Waals surface area contributed by atoms with Crippen LogP contribution in [0.3, 0.4) is 0 Å². The maximum atomic E-state index is 11.5. The van der Waals surface area contributed by atoms with Gasteiger partial charge in [0.05, 0.1) is 0 Å². The van der Waals surface area contributed by atoms with Gasteiger partial charge in [0.15, 0.2) is 0 Å². The maximum absolute atomic E-state index is 11.5. The van der Waals surface area contributed by atoms with Gasteiger partial charge in [-0.1, -0.05) is 24.6 Å². The van der Waals surface area contributed by atoms with Crippen molar-refractivity contribution < 1.29 is 4.79 Å². The molecule has 0 aliphatic carbocycles. The largest absolute Gasteiger partial charge is 0.356 e. The molecule has 0 heterocycles. The minimum absolute atomic E-state index is 0.129. The van der Waals surface area contributed by atoms with E-state index in [9.17, 15) is 4.79 Å². The second kappa shape index (κ2) is 8.05. The van der Waals surface area contributed by atoms with Crippen LogP contribution in [0.2, 0.25) is 0 Å². The number of hydrogen-bond acceptors (Lipinski definition) is 2. The molecule has 0 radical (unpaired) electrons. The van der Waals surface area contributed by atoms with E-state index >= 15 is 0 Å². The Balaban J connectivity index is 2.51. The van der Waals surface area contributed by atoms with E-state index in [0.29, 0.717) is 13.0 Å². The Morgan fingerprint density at radius 1 is 1.15 bits per heavy atom. The second-order valence-electron chi connectivity index (χ2n) is 5.59. The highest BCUT2D eigenvalue weighted by Crippen LogP contribution is 2.23.